The van der Waals surface area contributed by atoms with Crippen LogP contribution in [-0.4, -0.2) is 24.0 Å². The summed E-state index contributed by atoms with van der Waals surface area (Å²) in [6.07, 6.45) is 2.05. The van der Waals surface area contributed by atoms with Crippen molar-refractivity contribution in [1.29, 1.82) is 0 Å². The number of likely N-dealkylation sites (tertiary alicyclic amines) is 1. The van der Waals surface area contributed by atoms with Crippen molar-refractivity contribution in [1.82, 2.24) is 4.90 Å². The van der Waals surface area contributed by atoms with Crippen LogP contribution < -0.4 is 11.4 Å². The maximum atomic E-state index is 11.7. The fraction of sp³-hybridized carbons (Fsp3) is 0.438. The lowest BCUT2D eigenvalue weighted by molar-refractivity contribution is 0.206. The summed E-state index contributed by atoms with van der Waals surface area (Å²) in [7, 11) is 0. The summed E-state index contributed by atoms with van der Waals surface area (Å²) in [6, 6.07) is 7.96. The first-order valence-electron chi connectivity index (χ1n) is 7.13. The minimum Gasteiger partial charge on any atom is -0.423 e. The zero-order valence-corrected chi connectivity index (χ0v) is 11.8. The highest BCUT2D eigenvalue weighted by atomic mass is 16.4. The van der Waals surface area contributed by atoms with Crippen LogP contribution in [-0.2, 0) is 6.54 Å². The van der Waals surface area contributed by atoms with E-state index in [-0.39, 0.29) is 5.63 Å². The molecular weight excluding hydrogens is 252 g/mol. The van der Waals surface area contributed by atoms with Gasteiger partial charge in [0, 0.05) is 24.0 Å². The Morgan fingerprint density at radius 1 is 1.30 bits per heavy atom. The summed E-state index contributed by atoms with van der Waals surface area (Å²) >= 11 is 0. The molecule has 106 valence electrons. The van der Waals surface area contributed by atoms with Gasteiger partial charge < -0.3 is 10.2 Å². The first-order valence-corrected chi connectivity index (χ1v) is 7.13. The van der Waals surface area contributed by atoms with Crippen LogP contribution in [0.5, 0.6) is 0 Å². The fourth-order valence-electron chi connectivity index (χ4n) is 2.82. The molecule has 2 aromatic rings. The SMILES string of the molecule is Cc1ccc2c(CN3CCC(N)CC3)cc(=O)oc2c1. The Labute approximate surface area is 118 Å². The minimum absolute atomic E-state index is 0.271. The number of nitrogens with zero attached hydrogens (tertiary/aromatic N) is 1. The second-order valence-electron chi connectivity index (χ2n) is 5.70. The molecule has 0 aliphatic carbocycles. The van der Waals surface area contributed by atoms with Crippen LogP contribution >= 0.6 is 0 Å². The third kappa shape index (κ3) is 2.76. The highest BCUT2D eigenvalue weighted by Crippen LogP contribution is 2.21. The van der Waals surface area contributed by atoms with E-state index in [4.69, 9.17) is 10.2 Å². The van der Waals surface area contributed by atoms with E-state index in [1.54, 1.807) is 6.07 Å². The van der Waals surface area contributed by atoms with E-state index < -0.39 is 0 Å². The number of rotatable bonds is 2. The predicted molar refractivity (Wildman–Crippen MR) is 79.7 cm³/mol. The van der Waals surface area contributed by atoms with Crippen LogP contribution in [0.4, 0.5) is 0 Å². The summed E-state index contributed by atoms with van der Waals surface area (Å²) in [6.45, 7) is 4.78. The predicted octanol–water partition coefficient (Wildman–Crippen LogP) is 2.02. The van der Waals surface area contributed by atoms with Crippen molar-refractivity contribution in [3.8, 4) is 0 Å². The number of nitrogens with two attached hydrogens (primary N) is 1. The topological polar surface area (TPSA) is 59.5 Å². The molecule has 0 amide bonds. The molecule has 0 unspecified atom stereocenters. The van der Waals surface area contributed by atoms with Gasteiger partial charge in [0.05, 0.1) is 0 Å². The van der Waals surface area contributed by atoms with Gasteiger partial charge in [-0.1, -0.05) is 12.1 Å². The van der Waals surface area contributed by atoms with Crippen molar-refractivity contribution < 1.29 is 4.42 Å². The Hall–Kier alpha value is -1.65. The highest BCUT2D eigenvalue weighted by molar-refractivity contribution is 5.80. The van der Waals surface area contributed by atoms with Crippen LogP contribution in [0.15, 0.2) is 33.5 Å². The zero-order chi connectivity index (χ0) is 14.1. The summed E-state index contributed by atoms with van der Waals surface area (Å²) in [5.74, 6) is 0. The molecule has 20 heavy (non-hydrogen) atoms. The Kier molecular flexibility index (Phi) is 3.59. The molecule has 0 radical (unpaired) electrons. The van der Waals surface area contributed by atoms with Crippen LogP contribution in [0.25, 0.3) is 11.0 Å². The van der Waals surface area contributed by atoms with Gasteiger partial charge in [0.25, 0.3) is 0 Å². The van der Waals surface area contributed by atoms with Gasteiger partial charge in [0.15, 0.2) is 0 Å². The summed E-state index contributed by atoms with van der Waals surface area (Å²) in [5.41, 5.74) is 8.49. The van der Waals surface area contributed by atoms with Gasteiger partial charge in [-0.25, -0.2) is 4.79 Å². The van der Waals surface area contributed by atoms with E-state index in [1.165, 1.54) is 0 Å². The van der Waals surface area contributed by atoms with E-state index in [1.807, 2.05) is 19.1 Å². The molecule has 1 aromatic carbocycles. The third-order valence-electron chi connectivity index (χ3n) is 4.01. The molecule has 2 N–H and O–H groups in total. The largest absolute Gasteiger partial charge is 0.423 e. The number of aryl methyl sites for hydroxylation is 1. The van der Waals surface area contributed by atoms with Gasteiger partial charge in [0.1, 0.15) is 5.58 Å². The van der Waals surface area contributed by atoms with Gasteiger partial charge in [-0.2, -0.15) is 0 Å². The van der Waals surface area contributed by atoms with E-state index in [9.17, 15) is 4.79 Å². The number of fused-ring (bicyclic) bond motifs is 1. The van der Waals surface area contributed by atoms with Gasteiger partial charge in [-0.15, -0.1) is 0 Å². The van der Waals surface area contributed by atoms with Gasteiger partial charge in [-0.3, -0.25) is 4.90 Å². The van der Waals surface area contributed by atoms with Crippen LogP contribution in [0.1, 0.15) is 24.0 Å². The van der Waals surface area contributed by atoms with E-state index >= 15 is 0 Å². The van der Waals surface area contributed by atoms with Crippen LogP contribution in [0, 0.1) is 6.92 Å². The second-order valence-corrected chi connectivity index (χ2v) is 5.70. The van der Waals surface area contributed by atoms with E-state index in [2.05, 4.69) is 11.0 Å². The van der Waals surface area contributed by atoms with Crippen molar-refractivity contribution in [2.45, 2.75) is 32.4 Å². The summed E-state index contributed by atoms with van der Waals surface area (Å²) in [4.78, 5) is 14.1. The van der Waals surface area contributed by atoms with Crippen LogP contribution in [0.2, 0.25) is 0 Å². The highest BCUT2D eigenvalue weighted by Gasteiger charge is 2.17. The van der Waals surface area contributed by atoms with Gasteiger partial charge in [0.2, 0.25) is 0 Å². The summed E-state index contributed by atoms with van der Waals surface area (Å²) in [5, 5.41) is 1.03. The molecule has 1 aliphatic heterocycles. The Balaban J connectivity index is 1.92. The zero-order valence-electron chi connectivity index (χ0n) is 11.8. The number of hydrogen-bond acceptors (Lipinski definition) is 4. The Morgan fingerprint density at radius 2 is 2.05 bits per heavy atom. The molecule has 1 fully saturated rings. The Bertz CT molecular complexity index is 670. The molecule has 1 aliphatic rings. The number of piperidine rings is 1. The lowest BCUT2D eigenvalue weighted by atomic mass is 10.0. The lowest BCUT2D eigenvalue weighted by Gasteiger charge is -2.30. The van der Waals surface area contributed by atoms with Gasteiger partial charge in [-0.05, 0) is 50.0 Å². The number of benzene rings is 1. The molecule has 4 nitrogen and oxygen atoms in total. The van der Waals surface area contributed by atoms with Crippen molar-refractivity contribution in [2.75, 3.05) is 13.1 Å². The smallest absolute Gasteiger partial charge is 0.336 e. The van der Waals surface area contributed by atoms with Gasteiger partial charge >= 0.3 is 5.63 Å². The first-order chi connectivity index (χ1) is 9.61. The molecule has 3 rings (SSSR count). The minimum atomic E-state index is -0.271. The maximum Gasteiger partial charge on any atom is 0.336 e. The van der Waals surface area contributed by atoms with E-state index in [0.29, 0.717) is 11.6 Å². The van der Waals surface area contributed by atoms with Crippen molar-refractivity contribution >= 4 is 11.0 Å². The molecule has 1 aromatic heterocycles. The maximum absolute atomic E-state index is 11.7. The quantitative estimate of drug-likeness (QED) is 0.850. The Morgan fingerprint density at radius 3 is 2.80 bits per heavy atom. The molecule has 4 heteroatoms. The first kappa shape index (κ1) is 13.3. The molecule has 2 heterocycles. The standard InChI is InChI=1S/C16H20N2O2/c1-11-2-3-14-12(9-16(19)20-15(14)8-11)10-18-6-4-13(17)5-7-18/h2-3,8-9,13H,4-7,10,17H2,1H3. The third-order valence-corrected chi connectivity index (χ3v) is 4.01. The normalized spacial score (nSPS) is 17.7. The average Bonchev–Trinajstić information content (AvgIpc) is 2.40. The second kappa shape index (κ2) is 5.38. The van der Waals surface area contributed by atoms with Crippen molar-refractivity contribution in [2.24, 2.45) is 5.73 Å². The van der Waals surface area contributed by atoms with Crippen molar-refractivity contribution in [3.05, 3.63) is 45.8 Å². The monoisotopic (exact) mass is 272 g/mol. The molecule has 0 spiro atoms. The molecule has 0 saturated carbocycles. The summed E-state index contributed by atoms with van der Waals surface area (Å²) < 4.78 is 5.30. The molecule has 0 bridgehead atoms. The molecule has 1 saturated heterocycles. The molecular formula is C16H20N2O2. The number of hydrogen-bond donors (Lipinski definition) is 1. The fourth-order valence-corrected chi connectivity index (χ4v) is 2.82. The average molecular weight is 272 g/mol. The van der Waals surface area contributed by atoms with Crippen LogP contribution in [0.3, 0.4) is 0 Å². The lowest BCUT2D eigenvalue weighted by Crippen LogP contribution is -2.39. The van der Waals surface area contributed by atoms with E-state index in [0.717, 1.165) is 49.0 Å². The molecule has 0 atom stereocenters. The van der Waals surface area contributed by atoms with Crippen molar-refractivity contribution in [3.63, 3.8) is 0 Å².